The Kier molecular flexibility index (Phi) is 4.20. The van der Waals surface area contributed by atoms with E-state index in [-0.39, 0.29) is 18.0 Å². The van der Waals surface area contributed by atoms with Gasteiger partial charge in [-0.1, -0.05) is 29.3 Å². The molecule has 0 spiro atoms. The third-order valence-corrected chi connectivity index (χ3v) is 4.96. The molecule has 1 unspecified atom stereocenters. The van der Waals surface area contributed by atoms with Crippen LogP contribution in [0.3, 0.4) is 0 Å². The topological polar surface area (TPSA) is 32.3 Å². The molecular formula is C15H18Cl2N2O. The molecule has 108 valence electrons. The lowest BCUT2D eigenvalue weighted by molar-refractivity contribution is -0.134. The van der Waals surface area contributed by atoms with Crippen LogP contribution in [0.5, 0.6) is 0 Å². The second-order valence-corrected chi connectivity index (χ2v) is 6.33. The summed E-state index contributed by atoms with van der Waals surface area (Å²) >= 11 is 12.1. The van der Waals surface area contributed by atoms with Crippen molar-refractivity contribution in [3.63, 3.8) is 0 Å². The van der Waals surface area contributed by atoms with Gasteiger partial charge in [-0.2, -0.15) is 0 Å². The number of hydrogen-bond acceptors (Lipinski definition) is 2. The van der Waals surface area contributed by atoms with Gasteiger partial charge in [0, 0.05) is 6.54 Å². The Morgan fingerprint density at radius 1 is 1.20 bits per heavy atom. The lowest BCUT2D eigenvalue weighted by Crippen LogP contribution is -2.43. The minimum Gasteiger partial charge on any atom is -0.334 e. The smallest absolute Gasteiger partial charge is 0.240 e. The predicted octanol–water partition coefficient (Wildman–Crippen LogP) is 3.41. The van der Waals surface area contributed by atoms with Gasteiger partial charge in [-0.05, 0) is 49.9 Å². The molecule has 2 fully saturated rings. The van der Waals surface area contributed by atoms with Crippen LogP contribution in [-0.2, 0) is 4.79 Å². The molecule has 2 aliphatic heterocycles. The Labute approximate surface area is 129 Å². The van der Waals surface area contributed by atoms with Crippen molar-refractivity contribution < 1.29 is 4.79 Å². The molecule has 1 aromatic carbocycles. The van der Waals surface area contributed by atoms with Gasteiger partial charge in [0.1, 0.15) is 0 Å². The summed E-state index contributed by atoms with van der Waals surface area (Å²) in [5, 5.41) is 4.40. The number of nitrogens with one attached hydrogen (secondary N) is 1. The first kappa shape index (κ1) is 14.2. The van der Waals surface area contributed by atoms with Crippen LogP contribution < -0.4 is 5.32 Å². The normalized spacial score (nSPS) is 26.2. The molecule has 1 aromatic rings. The van der Waals surface area contributed by atoms with Crippen LogP contribution in [0, 0.1) is 0 Å². The summed E-state index contributed by atoms with van der Waals surface area (Å²) in [7, 11) is 0. The molecule has 1 N–H and O–H groups in total. The highest BCUT2D eigenvalue weighted by atomic mass is 35.5. The Balaban J connectivity index is 1.80. The number of nitrogens with zero attached hydrogens (tertiary/aromatic N) is 1. The molecular weight excluding hydrogens is 295 g/mol. The van der Waals surface area contributed by atoms with Gasteiger partial charge in [-0.3, -0.25) is 4.79 Å². The average Bonchev–Trinajstić information content (AvgIpc) is 3.11. The van der Waals surface area contributed by atoms with E-state index >= 15 is 0 Å². The van der Waals surface area contributed by atoms with E-state index in [1.54, 1.807) is 0 Å². The maximum atomic E-state index is 12.6. The van der Waals surface area contributed by atoms with Crippen molar-refractivity contribution in [2.45, 2.75) is 37.8 Å². The Bertz CT molecular complexity index is 515. The van der Waals surface area contributed by atoms with Crippen LogP contribution in [0.2, 0.25) is 10.0 Å². The maximum Gasteiger partial charge on any atom is 0.240 e. The molecule has 20 heavy (non-hydrogen) atoms. The number of rotatable bonds is 2. The molecule has 2 aliphatic rings. The number of halogens is 2. The van der Waals surface area contributed by atoms with Crippen LogP contribution in [0.15, 0.2) is 18.2 Å². The molecule has 0 radical (unpaired) electrons. The minimum absolute atomic E-state index is 0.00151. The van der Waals surface area contributed by atoms with Crippen molar-refractivity contribution in [3.8, 4) is 0 Å². The molecule has 3 rings (SSSR count). The quantitative estimate of drug-likeness (QED) is 0.907. The number of benzene rings is 1. The van der Waals surface area contributed by atoms with Crippen molar-refractivity contribution in [1.29, 1.82) is 0 Å². The summed E-state index contributed by atoms with van der Waals surface area (Å²) < 4.78 is 0. The summed E-state index contributed by atoms with van der Waals surface area (Å²) in [6.07, 6.45) is 4.07. The van der Waals surface area contributed by atoms with Gasteiger partial charge in [0.05, 0.1) is 22.1 Å². The SMILES string of the molecule is O=C([C@H]1CCCN1)N1CCCC1c1ccc(Cl)c(Cl)c1. The van der Waals surface area contributed by atoms with E-state index in [0.717, 1.165) is 44.3 Å². The minimum atomic E-state index is -0.00151. The summed E-state index contributed by atoms with van der Waals surface area (Å²) in [6, 6.07) is 5.82. The zero-order valence-electron chi connectivity index (χ0n) is 11.2. The van der Waals surface area contributed by atoms with Crippen LogP contribution >= 0.6 is 23.2 Å². The van der Waals surface area contributed by atoms with Crippen LogP contribution in [0.25, 0.3) is 0 Å². The molecule has 2 atom stereocenters. The highest BCUT2D eigenvalue weighted by Gasteiger charge is 2.35. The van der Waals surface area contributed by atoms with Crippen molar-refractivity contribution >= 4 is 29.1 Å². The van der Waals surface area contributed by atoms with Gasteiger partial charge in [0.15, 0.2) is 0 Å². The van der Waals surface area contributed by atoms with Crippen LogP contribution in [-0.4, -0.2) is 29.9 Å². The second-order valence-electron chi connectivity index (χ2n) is 5.51. The standard InChI is InChI=1S/C15H18Cl2N2O/c16-11-6-5-10(9-12(11)17)14-4-2-8-19(14)15(20)13-3-1-7-18-13/h5-6,9,13-14,18H,1-4,7-8H2/t13-,14?/m1/s1. The summed E-state index contributed by atoms with van der Waals surface area (Å²) in [6.45, 7) is 1.78. The third-order valence-electron chi connectivity index (χ3n) is 4.22. The van der Waals surface area contributed by atoms with Crippen LogP contribution in [0.1, 0.15) is 37.3 Å². The largest absolute Gasteiger partial charge is 0.334 e. The Hall–Kier alpha value is -0.770. The van der Waals surface area contributed by atoms with Gasteiger partial charge < -0.3 is 10.2 Å². The highest BCUT2D eigenvalue weighted by molar-refractivity contribution is 6.42. The van der Waals surface area contributed by atoms with Gasteiger partial charge in [0.2, 0.25) is 5.91 Å². The first-order valence-corrected chi connectivity index (χ1v) is 7.91. The van der Waals surface area contributed by atoms with E-state index in [0.29, 0.717) is 10.0 Å². The van der Waals surface area contributed by atoms with E-state index < -0.39 is 0 Å². The van der Waals surface area contributed by atoms with Gasteiger partial charge in [-0.15, -0.1) is 0 Å². The summed E-state index contributed by atoms with van der Waals surface area (Å²) in [5.74, 6) is 0.232. The maximum absolute atomic E-state index is 12.6. The van der Waals surface area contributed by atoms with Gasteiger partial charge in [-0.25, -0.2) is 0 Å². The lowest BCUT2D eigenvalue weighted by Gasteiger charge is -2.28. The molecule has 3 nitrogen and oxygen atoms in total. The first-order valence-electron chi connectivity index (χ1n) is 7.15. The number of amides is 1. The number of carbonyl (C=O) groups is 1. The second kappa shape index (κ2) is 5.92. The van der Waals surface area contributed by atoms with E-state index in [1.807, 2.05) is 23.1 Å². The fourth-order valence-corrected chi connectivity index (χ4v) is 3.50. The van der Waals surface area contributed by atoms with Crippen molar-refractivity contribution in [3.05, 3.63) is 33.8 Å². The fraction of sp³-hybridized carbons (Fsp3) is 0.533. The molecule has 1 amide bonds. The molecule has 0 aliphatic carbocycles. The zero-order chi connectivity index (χ0) is 14.1. The number of hydrogen-bond donors (Lipinski definition) is 1. The highest BCUT2D eigenvalue weighted by Crippen LogP contribution is 2.35. The zero-order valence-corrected chi connectivity index (χ0v) is 12.8. The van der Waals surface area contributed by atoms with Crippen molar-refractivity contribution in [2.75, 3.05) is 13.1 Å². The average molecular weight is 313 g/mol. The number of likely N-dealkylation sites (tertiary alicyclic amines) is 1. The van der Waals surface area contributed by atoms with E-state index in [4.69, 9.17) is 23.2 Å². The predicted molar refractivity (Wildman–Crippen MR) is 81.2 cm³/mol. The number of carbonyl (C=O) groups excluding carboxylic acids is 1. The van der Waals surface area contributed by atoms with E-state index in [1.165, 1.54) is 0 Å². The molecule has 0 bridgehead atoms. The van der Waals surface area contributed by atoms with Crippen molar-refractivity contribution in [2.24, 2.45) is 0 Å². The van der Waals surface area contributed by atoms with Gasteiger partial charge >= 0.3 is 0 Å². The fourth-order valence-electron chi connectivity index (χ4n) is 3.19. The Morgan fingerprint density at radius 3 is 2.75 bits per heavy atom. The molecule has 2 saturated heterocycles. The van der Waals surface area contributed by atoms with E-state index in [9.17, 15) is 4.79 Å². The monoisotopic (exact) mass is 312 g/mol. The third kappa shape index (κ3) is 2.67. The molecule has 0 saturated carbocycles. The Morgan fingerprint density at radius 2 is 2.05 bits per heavy atom. The van der Waals surface area contributed by atoms with E-state index in [2.05, 4.69) is 5.32 Å². The first-order chi connectivity index (χ1) is 9.66. The molecule has 0 aromatic heterocycles. The molecule has 2 heterocycles. The van der Waals surface area contributed by atoms with Crippen molar-refractivity contribution in [1.82, 2.24) is 10.2 Å². The summed E-state index contributed by atoms with van der Waals surface area (Å²) in [4.78, 5) is 14.6. The van der Waals surface area contributed by atoms with Gasteiger partial charge in [0.25, 0.3) is 0 Å². The van der Waals surface area contributed by atoms with Crippen LogP contribution in [0.4, 0.5) is 0 Å². The lowest BCUT2D eigenvalue weighted by atomic mass is 10.0. The molecule has 5 heteroatoms. The summed E-state index contributed by atoms with van der Waals surface area (Å²) in [5.41, 5.74) is 1.09.